The van der Waals surface area contributed by atoms with Crippen molar-refractivity contribution in [3.05, 3.63) is 40.8 Å². The molecule has 0 amide bonds. The van der Waals surface area contributed by atoms with Crippen LogP contribution >= 0.6 is 11.6 Å². The second kappa shape index (κ2) is 4.70. The number of nitrogens with zero attached hydrogens (tertiary/aromatic N) is 3. The molecule has 7 heteroatoms. The maximum Gasteiger partial charge on any atom is 0.128 e. The fraction of sp³-hybridized carbons (Fsp3) is 0.200. The van der Waals surface area contributed by atoms with Gasteiger partial charge in [0.25, 0.3) is 0 Å². The normalized spacial score (nSPS) is 12.6. The van der Waals surface area contributed by atoms with Crippen LogP contribution in [0, 0.1) is 0 Å². The van der Waals surface area contributed by atoms with Crippen LogP contribution in [-0.4, -0.2) is 14.8 Å². The van der Waals surface area contributed by atoms with E-state index in [1.54, 1.807) is 16.9 Å². The maximum absolute atomic E-state index is 5.90. The molecule has 0 fully saturated rings. The van der Waals surface area contributed by atoms with E-state index in [1.165, 1.54) is 6.20 Å². The third-order valence-corrected chi connectivity index (χ3v) is 2.66. The molecular weight excluding hydrogens is 240 g/mol. The Morgan fingerprint density at radius 2 is 2.24 bits per heavy atom. The molecule has 0 aliphatic heterocycles. The number of nitrogens with two attached hydrogens (primary N) is 2. The molecule has 0 bridgehead atoms. The molecule has 0 radical (unpaired) electrons. The molecule has 1 atom stereocenters. The Hall–Kier alpha value is -1.63. The number of halogens is 1. The molecule has 2 rings (SSSR count). The topological polar surface area (TPSA) is 94.8 Å². The van der Waals surface area contributed by atoms with Gasteiger partial charge in [-0.3, -0.25) is 10.5 Å². The molecule has 0 saturated carbocycles. The molecule has 6 nitrogen and oxygen atoms in total. The van der Waals surface area contributed by atoms with Gasteiger partial charge in [0.05, 0.1) is 17.3 Å². The van der Waals surface area contributed by atoms with Crippen LogP contribution in [0.5, 0.6) is 0 Å². The molecule has 5 N–H and O–H groups in total. The Bertz CT molecular complexity index is 523. The van der Waals surface area contributed by atoms with E-state index < -0.39 is 0 Å². The number of nitrogen functional groups attached to an aromatic ring is 1. The number of hydrogen-bond donors (Lipinski definition) is 3. The lowest BCUT2D eigenvalue weighted by Gasteiger charge is -2.16. The van der Waals surface area contributed by atoms with E-state index in [0.29, 0.717) is 10.8 Å². The molecule has 0 saturated heterocycles. The SMILES string of the molecule is Cn1cc(C(NN)c2cc(Cl)cnc2N)cn1. The third kappa shape index (κ3) is 2.38. The first-order valence-corrected chi connectivity index (χ1v) is 5.35. The van der Waals surface area contributed by atoms with Gasteiger partial charge < -0.3 is 5.73 Å². The predicted octanol–water partition coefficient (Wildman–Crippen LogP) is 0.603. The van der Waals surface area contributed by atoms with Gasteiger partial charge in [-0.1, -0.05) is 11.6 Å². The van der Waals surface area contributed by atoms with Gasteiger partial charge in [0.2, 0.25) is 0 Å². The van der Waals surface area contributed by atoms with Crippen molar-refractivity contribution in [3.8, 4) is 0 Å². The summed E-state index contributed by atoms with van der Waals surface area (Å²) < 4.78 is 1.69. The van der Waals surface area contributed by atoms with Crippen molar-refractivity contribution in [1.82, 2.24) is 20.2 Å². The largest absolute Gasteiger partial charge is 0.383 e. The molecule has 2 heterocycles. The van der Waals surface area contributed by atoms with Crippen LogP contribution in [0.3, 0.4) is 0 Å². The van der Waals surface area contributed by atoms with Crippen molar-refractivity contribution in [2.45, 2.75) is 6.04 Å². The zero-order valence-electron chi connectivity index (χ0n) is 9.26. The van der Waals surface area contributed by atoms with Gasteiger partial charge in [0, 0.05) is 30.6 Å². The van der Waals surface area contributed by atoms with Crippen LogP contribution in [-0.2, 0) is 7.05 Å². The standard InChI is InChI=1S/C10H13ClN6/c1-17-5-6(3-15-17)9(16-13)8-2-7(11)4-14-10(8)12/h2-5,9,16H,13H2,1H3,(H2,12,14). The summed E-state index contributed by atoms with van der Waals surface area (Å²) in [6, 6.07) is 1.46. The maximum atomic E-state index is 5.90. The monoisotopic (exact) mass is 252 g/mol. The summed E-state index contributed by atoms with van der Waals surface area (Å²) in [6.07, 6.45) is 5.06. The first-order valence-electron chi connectivity index (χ1n) is 4.97. The fourth-order valence-electron chi connectivity index (χ4n) is 1.65. The summed E-state index contributed by atoms with van der Waals surface area (Å²) in [5.74, 6) is 5.94. The zero-order chi connectivity index (χ0) is 12.4. The van der Waals surface area contributed by atoms with Crippen molar-refractivity contribution < 1.29 is 0 Å². The van der Waals surface area contributed by atoms with E-state index in [-0.39, 0.29) is 6.04 Å². The van der Waals surface area contributed by atoms with Gasteiger partial charge in [-0.2, -0.15) is 5.10 Å². The van der Waals surface area contributed by atoms with Crippen LogP contribution in [0.25, 0.3) is 0 Å². The minimum atomic E-state index is -0.283. The number of hydrogen-bond acceptors (Lipinski definition) is 5. The van der Waals surface area contributed by atoms with E-state index >= 15 is 0 Å². The first-order chi connectivity index (χ1) is 8.11. The summed E-state index contributed by atoms with van der Waals surface area (Å²) >= 11 is 5.90. The van der Waals surface area contributed by atoms with Crippen molar-refractivity contribution in [2.75, 3.05) is 5.73 Å². The number of pyridine rings is 1. The van der Waals surface area contributed by atoms with Gasteiger partial charge in [0.1, 0.15) is 5.82 Å². The molecule has 0 spiro atoms. The van der Waals surface area contributed by atoms with E-state index in [2.05, 4.69) is 15.5 Å². The zero-order valence-corrected chi connectivity index (χ0v) is 10.0. The van der Waals surface area contributed by atoms with Crippen LogP contribution in [0.2, 0.25) is 5.02 Å². The van der Waals surface area contributed by atoms with Crippen molar-refractivity contribution in [2.24, 2.45) is 12.9 Å². The minimum Gasteiger partial charge on any atom is -0.383 e. The molecule has 90 valence electrons. The molecule has 0 aliphatic rings. The predicted molar refractivity (Wildman–Crippen MR) is 66.0 cm³/mol. The van der Waals surface area contributed by atoms with Gasteiger partial charge in [-0.25, -0.2) is 10.4 Å². The van der Waals surface area contributed by atoms with Crippen LogP contribution in [0.15, 0.2) is 24.7 Å². The summed E-state index contributed by atoms with van der Waals surface area (Å²) in [7, 11) is 1.83. The fourth-order valence-corrected chi connectivity index (χ4v) is 1.82. The number of aryl methyl sites for hydroxylation is 1. The lowest BCUT2D eigenvalue weighted by molar-refractivity contribution is 0.635. The molecule has 1 unspecified atom stereocenters. The first kappa shape index (κ1) is 11.8. The number of nitrogens with one attached hydrogen (secondary N) is 1. The van der Waals surface area contributed by atoms with Crippen molar-refractivity contribution in [1.29, 1.82) is 0 Å². The minimum absolute atomic E-state index is 0.283. The van der Waals surface area contributed by atoms with Crippen LogP contribution < -0.4 is 17.0 Å². The Balaban J connectivity index is 2.45. The van der Waals surface area contributed by atoms with Crippen molar-refractivity contribution >= 4 is 17.4 Å². The quantitative estimate of drug-likeness (QED) is 0.549. The van der Waals surface area contributed by atoms with E-state index in [4.69, 9.17) is 23.2 Å². The lowest BCUT2D eigenvalue weighted by Crippen LogP contribution is -2.29. The van der Waals surface area contributed by atoms with Gasteiger partial charge in [0.15, 0.2) is 0 Å². The lowest BCUT2D eigenvalue weighted by atomic mass is 10.0. The molecular formula is C10H13ClN6. The highest BCUT2D eigenvalue weighted by Crippen LogP contribution is 2.26. The van der Waals surface area contributed by atoms with E-state index in [0.717, 1.165) is 11.1 Å². The highest BCUT2D eigenvalue weighted by atomic mass is 35.5. The average molecular weight is 253 g/mol. The number of aromatic nitrogens is 3. The highest BCUT2D eigenvalue weighted by molar-refractivity contribution is 6.30. The molecule has 2 aromatic rings. The smallest absolute Gasteiger partial charge is 0.128 e. The van der Waals surface area contributed by atoms with Crippen LogP contribution in [0.1, 0.15) is 17.2 Å². The average Bonchev–Trinajstić information content (AvgIpc) is 2.71. The number of rotatable bonds is 3. The summed E-state index contributed by atoms with van der Waals surface area (Å²) in [5.41, 5.74) is 10.1. The summed E-state index contributed by atoms with van der Waals surface area (Å²) in [5, 5.41) is 4.60. The second-order valence-electron chi connectivity index (χ2n) is 3.68. The van der Waals surface area contributed by atoms with Gasteiger partial charge >= 0.3 is 0 Å². The third-order valence-electron chi connectivity index (χ3n) is 2.45. The number of anilines is 1. The molecule has 2 aromatic heterocycles. The van der Waals surface area contributed by atoms with Gasteiger partial charge in [-0.15, -0.1) is 0 Å². The summed E-state index contributed by atoms with van der Waals surface area (Å²) in [4.78, 5) is 4.00. The molecule has 0 aliphatic carbocycles. The van der Waals surface area contributed by atoms with Crippen LogP contribution in [0.4, 0.5) is 5.82 Å². The Kier molecular flexibility index (Phi) is 3.28. The Morgan fingerprint density at radius 3 is 2.82 bits per heavy atom. The van der Waals surface area contributed by atoms with Gasteiger partial charge in [-0.05, 0) is 6.07 Å². The van der Waals surface area contributed by atoms with E-state index in [1.807, 2.05) is 13.2 Å². The number of hydrazine groups is 1. The Morgan fingerprint density at radius 1 is 1.47 bits per heavy atom. The highest BCUT2D eigenvalue weighted by Gasteiger charge is 2.17. The second-order valence-corrected chi connectivity index (χ2v) is 4.11. The van der Waals surface area contributed by atoms with Crippen molar-refractivity contribution in [3.63, 3.8) is 0 Å². The summed E-state index contributed by atoms with van der Waals surface area (Å²) in [6.45, 7) is 0. The molecule has 0 aromatic carbocycles. The molecule has 17 heavy (non-hydrogen) atoms. The Labute approximate surface area is 104 Å². The van der Waals surface area contributed by atoms with E-state index in [9.17, 15) is 0 Å².